The van der Waals surface area contributed by atoms with Crippen LogP contribution in [0.5, 0.6) is 0 Å². The van der Waals surface area contributed by atoms with Crippen molar-refractivity contribution < 1.29 is 26.7 Å². The van der Waals surface area contributed by atoms with Gasteiger partial charge in [-0.3, -0.25) is 34.3 Å². The van der Waals surface area contributed by atoms with Crippen molar-refractivity contribution >= 4 is 66.9 Å². The van der Waals surface area contributed by atoms with Gasteiger partial charge in [-0.25, -0.2) is 13.4 Å². The van der Waals surface area contributed by atoms with Crippen molar-refractivity contribution in [3.63, 3.8) is 0 Å². The summed E-state index contributed by atoms with van der Waals surface area (Å²) in [5.41, 5.74) is 37.6. The van der Waals surface area contributed by atoms with Crippen LogP contribution in [0.4, 0.5) is 60.0 Å². The third-order valence-corrected chi connectivity index (χ3v) is 17.3. The van der Waals surface area contributed by atoms with Crippen molar-refractivity contribution in [1.82, 2.24) is 39.4 Å². The molecule has 1 amide bonds. The molecule has 6 saturated heterocycles. The summed E-state index contributed by atoms with van der Waals surface area (Å²) in [4.78, 5) is 46.3. The first-order valence-corrected chi connectivity index (χ1v) is 29.1. The maximum Gasteiger partial charge on any atom is 0.302 e. The number of sulfone groups is 1. The van der Waals surface area contributed by atoms with Gasteiger partial charge >= 0.3 is 5.92 Å². The normalized spacial score (nSPS) is 20.1. The second-order valence-electron chi connectivity index (χ2n) is 22.0. The molecule has 80 heavy (non-hydrogen) atoms. The molecular weight excluding hydrogens is 1040 g/mol. The number of hydrogen-bond acceptors (Lipinski definition) is 19. The average molecular weight is 1120 g/mol. The minimum atomic E-state index is -3.01. The number of anilines is 9. The topological polar surface area (TPSA) is 289 Å². The first kappa shape index (κ1) is 58.5. The second kappa shape index (κ2) is 25.2. The van der Waals surface area contributed by atoms with E-state index in [1.807, 2.05) is 40.3 Å². The van der Waals surface area contributed by atoms with Gasteiger partial charge in [0.25, 0.3) is 0 Å². The van der Waals surface area contributed by atoms with Gasteiger partial charge in [0.05, 0.1) is 113 Å². The molecule has 1 spiro atoms. The number of imidazole rings is 1. The summed E-state index contributed by atoms with van der Waals surface area (Å²) in [6.07, 6.45) is 29.4. The van der Waals surface area contributed by atoms with Crippen LogP contribution in [0, 0.1) is 5.41 Å². The van der Waals surface area contributed by atoms with Crippen LogP contribution in [0.3, 0.4) is 0 Å². The molecular formula is C56H77F2N17O4S. The molecule has 6 fully saturated rings. The molecule has 6 aromatic heterocycles. The zero-order valence-electron chi connectivity index (χ0n) is 46.2. The van der Waals surface area contributed by atoms with E-state index in [1.165, 1.54) is 61.3 Å². The van der Waals surface area contributed by atoms with Crippen LogP contribution < -0.4 is 48.3 Å². The molecule has 12 rings (SSSR count). The summed E-state index contributed by atoms with van der Waals surface area (Å²) in [5.74, 6) is -3.14. The number of pyridine rings is 5. The summed E-state index contributed by atoms with van der Waals surface area (Å²) in [5, 5.41) is -0.288. The van der Waals surface area contributed by atoms with Crippen LogP contribution in [0.2, 0.25) is 0 Å². The number of alkyl halides is 2. The number of hydrogen-bond donors (Lipinski definition) is 5. The molecule has 0 radical (unpaired) electrons. The summed E-state index contributed by atoms with van der Waals surface area (Å²) in [7, 11) is -2.98. The zero-order chi connectivity index (χ0) is 57.2. The standard InChI is InChI=1S/C12H16N4O.C12H17N3O.C11H17N3O2S.C11H17N3.C10H10F2N4/c13-10-6-14-4-3-11(10)15-7-9-2-1-5-16(9)12(17)8-15;13-10-7-14-4-1-11(10)15-5-2-12(3-6-15)8-16-9-12;1-17(15,16)9-3-2-6-14(8-9)11-4-5-13-7-10(11)12;1-11(2)5-3-7-14(11)10-4-6-13-8-9(10)12;1-10(11,12)9-15-4-5-16(9)8-2-3-14-6-7(8)13/h3-4,6,9H,1-2,5,7-8,13H2;1,4,7H,2-3,5-6,8-9,13H2;4-5,7,9H,2-3,6,8,12H2,1H3;4,6,8H,3,5,7,12H2,1-2H3;2-6H,13H2,1H3. The van der Waals surface area contributed by atoms with Crippen molar-refractivity contribution in [2.24, 2.45) is 5.41 Å². The van der Waals surface area contributed by atoms with Gasteiger partial charge in [-0.05, 0) is 95.5 Å². The van der Waals surface area contributed by atoms with Gasteiger partial charge in [0.15, 0.2) is 15.7 Å². The molecule has 2 unspecified atom stereocenters. The third-order valence-electron chi connectivity index (χ3n) is 15.7. The minimum absolute atomic E-state index is 0.218. The van der Waals surface area contributed by atoms with E-state index in [4.69, 9.17) is 33.4 Å². The fourth-order valence-corrected chi connectivity index (χ4v) is 12.3. The smallest absolute Gasteiger partial charge is 0.302 e. The Morgan fingerprint density at radius 1 is 0.613 bits per heavy atom. The Labute approximate surface area is 467 Å². The van der Waals surface area contributed by atoms with Crippen LogP contribution in [-0.4, -0.2) is 142 Å². The molecule has 10 N–H and O–H groups in total. The van der Waals surface area contributed by atoms with Gasteiger partial charge < -0.3 is 57.9 Å². The first-order valence-electron chi connectivity index (χ1n) is 27.1. The molecule has 0 aromatic carbocycles. The van der Waals surface area contributed by atoms with Crippen molar-refractivity contribution in [3.05, 3.63) is 111 Å². The average Bonchev–Trinajstić information content (AvgIpc) is 4.23. The maximum atomic E-state index is 13.2. The Morgan fingerprint density at radius 3 is 1.59 bits per heavy atom. The van der Waals surface area contributed by atoms with Crippen molar-refractivity contribution in [3.8, 4) is 5.69 Å². The van der Waals surface area contributed by atoms with Gasteiger partial charge in [-0.1, -0.05) is 0 Å². The molecule has 24 heteroatoms. The molecule has 0 bridgehead atoms. The van der Waals surface area contributed by atoms with Crippen LogP contribution in [0.25, 0.3) is 5.69 Å². The molecule has 2 atom stereocenters. The maximum absolute atomic E-state index is 13.2. The van der Waals surface area contributed by atoms with E-state index in [9.17, 15) is 22.0 Å². The predicted octanol–water partition coefficient (Wildman–Crippen LogP) is 6.44. The summed E-state index contributed by atoms with van der Waals surface area (Å²) < 4.78 is 56.2. The molecule has 6 aliphatic rings. The number of halogens is 2. The summed E-state index contributed by atoms with van der Waals surface area (Å²) in [6.45, 7) is 14.1. The molecule has 6 aromatic rings. The number of ether oxygens (including phenoxy) is 1. The monoisotopic (exact) mass is 1120 g/mol. The highest BCUT2D eigenvalue weighted by atomic mass is 32.2. The van der Waals surface area contributed by atoms with E-state index in [2.05, 4.69) is 58.5 Å². The number of piperazine rings is 1. The Hall–Kier alpha value is -7.60. The lowest BCUT2D eigenvalue weighted by molar-refractivity contribution is -0.131. The van der Waals surface area contributed by atoms with E-state index in [-0.39, 0.29) is 22.5 Å². The van der Waals surface area contributed by atoms with E-state index < -0.39 is 15.8 Å². The highest BCUT2D eigenvalue weighted by Gasteiger charge is 2.42. The SMILES string of the molecule is CC(F)(F)c1nccn1-c1ccncc1N.CC1(C)CCCN1c1ccncc1N.CS(=O)(=O)C1CCCN(c2ccncc2N)C1.Nc1cnccc1N1CC(=O)N2CCCC2C1.Nc1cnccc1N1CCC2(CC1)COC2. The van der Waals surface area contributed by atoms with E-state index in [0.717, 1.165) is 119 Å². The number of nitrogens with two attached hydrogens (primary N) is 5. The number of nitrogens with zero attached hydrogens (tertiary/aromatic N) is 12. The highest BCUT2D eigenvalue weighted by molar-refractivity contribution is 7.91. The van der Waals surface area contributed by atoms with Crippen LogP contribution in [-0.2, 0) is 25.3 Å². The quantitative estimate of drug-likeness (QED) is 0.115. The third kappa shape index (κ3) is 14.2. The Kier molecular flexibility index (Phi) is 18.5. The van der Waals surface area contributed by atoms with Gasteiger partial charge in [0, 0.05) is 119 Å². The molecule has 430 valence electrons. The van der Waals surface area contributed by atoms with Crippen LogP contribution >= 0.6 is 0 Å². The number of piperidine rings is 2. The van der Waals surface area contributed by atoms with Gasteiger partial charge in [0.2, 0.25) is 5.91 Å². The van der Waals surface area contributed by atoms with Crippen molar-refractivity contribution in [2.75, 3.05) is 120 Å². The number of fused-ring (bicyclic) bond motifs is 1. The summed E-state index contributed by atoms with van der Waals surface area (Å²) >= 11 is 0. The van der Waals surface area contributed by atoms with Crippen LogP contribution in [0.1, 0.15) is 78.0 Å². The lowest BCUT2D eigenvalue weighted by atomic mass is 9.77. The number of carbonyl (C=O) groups is 1. The second-order valence-corrected chi connectivity index (χ2v) is 24.4. The molecule has 0 saturated carbocycles. The predicted molar refractivity (Wildman–Crippen MR) is 312 cm³/mol. The van der Waals surface area contributed by atoms with Crippen molar-refractivity contribution in [1.29, 1.82) is 0 Å². The number of carbonyl (C=O) groups excluding carboxylic acids is 1. The Balaban J connectivity index is 0.000000132. The first-order chi connectivity index (χ1) is 38.1. The van der Waals surface area contributed by atoms with Crippen LogP contribution in [0.15, 0.2) is 105 Å². The largest absolute Gasteiger partial charge is 0.396 e. The van der Waals surface area contributed by atoms with E-state index in [1.54, 1.807) is 49.4 Å². The Bertz CT molecular complexity index is 3130. The van der Waals surface area contributed by atoms with Gasteiger partial charge in [-0.15, -0.1) is 0 Å². The zero-order valence-corrected chi connectivity index (χ0v) is 47.1. The van der Waals surface area contributed by atoms with E-state index >= 15 is 0 Å². The van der Waals surface area contributed by atoms with Gasteiger partial charge in [0.1, 0.15) is 0 Å². The highest BCUT2D eigenvalue weighted by Crippen LogP contribution is 2.41. The molecule has 6 aliphatic heterocycles. The molecule has 21 nitrogen and oxygen atoms in total. The molecule has 0 aliphatic carbocycles. The fraction of sp³-hybridized carbons (Fsp3) is 0.482. The van der Waals surface area contributed by atoms with Gasteiger partial charge in [-0.2, -0.15) is 8.78 Å². The summed E-state index contributed by atoms with van der Waals surface area (Å²) in [6, 6.07) is 9.65. The molecule has 12 heterocycles. The lowest BCUT2D eigenvalue weighted by Gasteiger charge is -2.47. The lowest BCUT2D eigenvalue weighted by Crippen LogP contribution is -2.53. The van der Waals surface area contributed by atoms with E-state index in [0.29, 0.717) is 47.3 Å². The Morgan fingerprint density at radius 2 is 1.11 bits per heavy atom. The fourth-order valence-electron chi connectivity index (χ4n) is 11.2. The number of aromatic nitrogens is 7. The number of nitrogen functional groups attached to an aromatic ring is 5. The number of amides is 1. The number of rotatable bonds is 7. The van der Waals surface area contributed by atoms with Crippen molar-refractivity contribution in [2.45, 2.75) is 94.9 Å². The minimum Gasteiger partial charge on any atom is -0.396 e.